The summed E-state index contributed by atoms with van der Waals surface area (Å²) in [6.45, 7) is 0.335. The fraction of sp³-hybridized carbons (Fsp3) is 0.167. The molecule has 152 valence electrons. The first kappa shape index (κ1) is 20.7. The Balaban J connectivity index is 1.63. The molecule has 1 heterocycles. The Bertz CT molecular complexity index is 1190. The van der Waals surface area contributed by atoms with Gasteiger partial charge in [0.15, 0.2) is 4.77 Å². The molecule has 0 spiro atoms. The van der Waals surface area contributed by atoms with E-state index in [1.807, 2.05) is 0 Å². The number of anilines is 1. The number of H-pyrrole nitrogens is 1. The molecule has 0 unspecified atom stereocenters. The maximum atomic E-state index is 13.7. The normalized spacial score (nSPS) is 11.2. The van der Waals surface area contributed by atoms with Crippen molar-refractivity contribution in [2.24, 2.45) is 7.05 Å². The van der Waals surface area contributed by atoms with E-state index in [1.165, 1.54) is 42.5 Å². The van der Waals surface area contributed by atoms with Crippen molar-refractivity contribution in [1.82, 2.24) is 20.1 Å². The van der Waals surface area contributed by atoms with Gasteiger partial charge >= 0.3 is 0 Å². The molecule has 3 rings (SSSR count). The molecule has 1 amide bonds. The molecule has 2 aromatic carbocycles. The minimum absolute atomic E-state index is 0.0844. The Hall–Kier alpha value is -3.05. The number of halogens is 1. The summed E-state index contributed by atoms with van der Waals surface area (Å²) in [5.74, 6) is -0.329. The first-order valence-electron chi connectivity index (χ1n) is 8.54. The average Bonchev–Trinajstić information content (AvgIpc) is 3.02. The summed E-state index contributed by atoms with van der Waals surface area (Å²) in [5.41, 5.74) is 0.147. The standard InChI is InChI=1S/C18H18FN5O3S2/c1-24-16(21-22-18(24)28)10-11-20-17(25)12-6-8-13(9-7-12)29(26,27)23-15-5-3-2-4-14(15)19/h2-9,23H,10-11H2,1H3,(H,20,25)(H,22,28). The maximum absolute atomic E-state index is 13.7. The molecule has 0 bridgehead atoms. The molecule has 0 radical (unpaired) electrons. The second-order valence-electron chi connectivity index (χ2n) is 6.12. The average molecular weight is 436 g/mol. The number of carbonyl (C=O) groups excluding carboxylic acids is 1. The monoisotopic (exact) mass is 435 g/mol. The first-order valence-corrected chi connectivity index (χ1v) is 10.4. The van der Waals surface area contributed by atoms with Crippen LogP contribution in [-0.2, 0) is 23.5 Å². The van der Waals surface area contributed by atoms with Crippen LogP contribution in [0.25, 0.3) is 0 Å². The highest BCUT2D eigenvalue weighted by Gasteiger charge is 2.17. The van der Waals surface area contributed by atoms with Gasteiger partial charge in [-0.25, -0.2) is 12.8 Å². The molecule has 29 heavy (non-hydrogen) atoms. The van der Waals surface area contributed by atoms with Crippen molar-refractivity contribution in [3.8, 4) is 0 Å². The minimum atomic E-state index is -3.98. The number of amides is 1. The lowest BCUT2D eigenvalue weighted by molar-refractivity contribution is 0.0954. The number of aromatic nitrogens is 3. The summed E-state index contributed by atoms with van der Waals surface area (Å²) in [4.78, 5) is 12.2. The van der Waals surface area contributed by atoms with E-state index in [9.17, 15) is 17.6 Å². The fourth-order valence-electron chi connectivity index (χ4n) is 2.53. The Morgan fingerprint density at radius 3 is 2.52 bits per heavy atom. The summed E-state index contributed by atoms with van der Waals surface area (Å²) in [6, 6.07) is 10.8. The molecule has 11 heteroatoms. The lowest BCUT2D eigenvalue weighted by atomic mass is 10.2. The molecule has 0 fully saturated rings. The van der Waals surface area contributed by atoms with Crippen molar-refractivity contribution in [3.63, 3.8) is 0 Å². The van der Waals surface area contributed by atoms with Crippen LogP contribution in [0.4, 0.5) is 10.1 Å². The van der Waals surface area contributed by atoms with Gasteiger partial charge in [-0.3, -0.25) is 14.6 Å². The van der Waals surface area contributed by atoms with Crippen LogP contribution in [0.5, 0.6) is 0 Å². The van der Waals surface area contributed by atoms with Crippen LogP contribution >= 0.6 is 12.2 Å². The van der Waals surface area contributed by atoms with Crippen LogP contribution < -0.4 is 10.0 Å². The van der Waals surface area contributed by atoms with Crippen LogP contribution in [0.2, 0.25) is 0 Å². The number of benzene rings is 2. The predicted molar refractivity (Wildman–Crippen MR) is 108 cm³/mol. The molecular formula is C18H18FN5O3S2. The second kappa shape index (κ2) is 8.53. The molecule has 0 saturated heterocycles. The Morgan fingerprint density at radius 1 is 1.21 bits per heavy atom. The molecule has 0 saturated carbocycles. The van der Waals surface area contributed by atoms with E-state index in [4.69, 9.17) is 12.2 Å². The van der Waals surface area contributed by atoms with Gasteiger partial charge in [0, 0.05) is 25.6 Å². The van der Waals surface area contributed by atoms with Crippen LogP contribution in [0.15, 0.2) is 53.4 Å². The second-order valence-corrected chi connectivity index (χ2v) is 8.19. The van der Waals surface area contributed by atoms with Gasteiger partial charge in [-0.1, -0.05) is 12.1 Å². The van der Waals surface area contributed by atoms with Gasteiger partial charge in [0.1, 0.15) is 11.6 Å². The Morgan fingerprint density at radius 2 is 1.90 bits per heavy atom. The van der Waals surface area contributed by atoms with E-state index >= 15 is 0 Å². The SMILES string of the molecule is Cn1c(CCNC(=O)c2ccc(S(=O)(=O)Nc3ccccc3F)cc2)n[nH]c1=S. The van der Waals surface area contributed by atoms with Crippen LogP contribution in [0.1, 0.15) is 16.2 Å². The third kappa shape index (κ3) is 4.87. The van der Waals surface area contributed by atoms with Gasteiger partial charge in [-0.15, -0.1) is 0 Å². The number of aromatic amines is 1. The van der Waals surface area contributed by atoms with E-state index in [1.54, 1.807) is 11.6 Å². The lowest BCUT2D eigenvalue weighted by Gasteiger charge is -2.10. The molecular weight excluding hydrogens is 417 g/mol. The number of sulfonamides is 1. The number of nitrogens with one attached hydrogen (secondary N) is 3. The highest BCUT2D eigenvalue weighted by Crippen LogP contribution is 2.19. The van der Waals surface area contributed by atoms with Crippen LogP contribution in [0, 0.1) is 10.6 Å². The molecule has 0 atom stereocenters. The van der Waals surface area contributed by atoms with E-state index in [0.717, 1.165) is 6.07 Å². The third-order valence-corrected chi connectivity index (χ3v) is 5.90. The highest BCUT2D eigenvalue weighted by atomic mass is 32.2. The fourth-order valence-corrected chi connectivity index (χ4v) is 3.74. The highest BCUT2D eigenvalue weighted by molar-refractivity contribution is 7.92. The predicted octanol–water partition coefficient (Wildman–Crippen LogP) is 2.39. The molecule has 0 aliphatic rings. The van der Waals surface area contributed by atoms with Gasteiger partial charge in [0.25, 0.3) is 15.9 Å². The quantitative estimate of drug-likeness (QED) is 0.494. The van der Waals surface area contributed by atoms with E-state index in [2.05, 4.69) is 20.2 Å². The smallest absolute Gasteiger partial charge is 0.261 e. The topological polar surface area (TPSA) is 109 Å². The largest absolute Gasteiger partial charge is 0.352 e. The molecule has 3 N–H and O–H groups in total. The third-order valence-electron chi connectivity index (χ3n) is 4.15. The number of para-hydroxylation sites is 1. The molecule has 1 aromatic heterocycles. The lowest BCUT2D eigenvalue weighted by Crippen LogP contribution is -2.26. The molecule has 3 aromatic rings. The van der Waals surface area contributed by atoms with Crippen molar-refractivity contribution in [2.75, 3.05) is 11.3 Å². The van der Waals surface area contributed by atoms with Crippen molar-refractivity contribution in [1.29, 1.82) is 0 Å². The number of hydrogen-bond acceptors (Lipinski definition) is 5. The number of carbonyl (C=O) groups is 1. The summed E-state index contributed by atoms with van der Waals surface area (Å²) >= 11 is 5.03. The number of nitrogens with zero attached hydrogens (tertiary/aromatic N) is 2. The molecule has 8 nitrogen and oxygen atoms in total. The van der Waals surface area contributed by atoms with Crippen molar-refractivity contribution < 1.29 is 17.6 Å². The van der Waals surface area contributed by atoms with Crippen molar-refractivity contribution >= 4 is 33.8 Å². The summed E-state index contributed by atoms with van der Waals surface area (Å²) in [7, 11) is -2.20. The molecule has 0 aliphatic carbocycles. The zero-order chi connectivity index (χ0) is 21.0. The zero-order valence-electron chi connectivity index (χ0n) is 15.3. The van der Waals surface area contributed by atoms with Gasteiger partial charge in [-0.05, 0) is 48.6 Å². The van der Waals surface area contributed by atoms with Gasteiger partial charge < -0.3 is 9.88 Å². The van der Waals surface area contributed by atoms with Gasteiger partial charge in [0.2, 0.25) is 0 Å². The number of rotatable bonds is 7. The van der Waals surface area contributed by atoms with Gasteiger partial charge in [0.05, 0.1) is 10.6 Å². The van der Waals surface area contributed by atoms with E-state index in [-0.39, 0.29) is 16.5 Å². The first-order chi connectivity index (χ1) is 13.8. The zero-order valence-corrected chi connectivity index (χ0v) is 17.0. The number of hydrogen-bond donors (Lipinski definition) is 3. The Labute approximate surface area is 171 Å². The van der Waals surface area contributed by atoms with Crippen LogP contribution in [-0.4, -0.2) is 35.6 Å². The molecule has 0 aliphatic heterocycles. The minimum Gasteiger partial charge on any atom is -0.352 e. The van der Waals surface area contributed by atoms with Crippen LogP contribution in [0.3, 0.4) is 0 Å². The maximum Gasteiger partial charge on any atom is 0.261 e. The van der Waals surface area contributed by atoms with E-state index in [0.29, 0.717) is 29.1 Å². The summed E-state index contributed by atoms with van der Waals surface area (Å²) < 4.78 is 42.9. The Kier molecular flexibility index (Phi) is 6.09. The van der Waals surface area contributed by atoms with Crippen molar-refractivity contribution in [3.05, 3.63) is 70.5 Å². The summed E-state index contributed by atoms with van der Waals surface area (Å²) in [5, 5.41) is 9.46. The van der Waals surface area contributed by atoms with Gasteiger partial charge in [-0.2, -0.15) is 5.10 Å². The summed E-state index contributed by atoms with van der Waals surface area (Å²) in [6.07, 6.45) is 0.481. The van der Waals surface area contributed by atoms with Crippen molar-refractivity contribution in [2.45, 2.75) is 11.3 Å². The van der Waals surface area contributed by atoms with E-state index < -0.39 is 15.8 Å².